The van der Waals surface area contributed by atoms with E-state index in [9.17, 15) is 4.79 Å². The van der Waals surface area contributed by atoms with Crippen LogP contribution >= 0.6 is 28.1 Å². The number of amides is 1. The highest BCUT2D eigenvalue weighted by atomic mass is 79.9. The number of thiocarbonyl (C=S) groups is 1. The summed E-state index contributed by atoms with van der Waals surface area (Å²) in [7, 11) is 1.79. The molecule has 0 saturated heterocycles. The third-order valence-corrected chi connectivity index (χ3v) is 5.96. The SMILES string of the molecule is Cc1c(Br)c(C(=O)NNC(=S)N[C@@H]2CCC[C@H](C)[C@@H]2C)nn1C. The van der Waals surface area contributed by atoms with E-state index in [1.54, 1.807) is 11.7 Å². The Morgan fingerprint density at radius 1 is 1.35 bits per heavy atom. The number of aromatic nitrogens is 2. The van der Waals surface area contributed by atoms with Gasteiger partial charge in [-0.15, -0.1) is 0 Å². The second-order valence-electron chi connectivity index (χ2n) is 6.30. The van der Waals surface area contributed by atoms with Gasteiger partial charge in [-0.05, 0) is 53.3 Å². The molecular formula is C15H24BrN5OS. The van der Waals surface area contributed by atoms with E-state index < -0.39 is 0 Å². The van der Waals surface area contributed by atoms with Crippen LogP contribution in [-0.4, -0.2) is 26.8 Å². The van der Waals surface area contributed by atoms with Crippen molar-refractivity contribution < 1.29 is 4.79 Å². The van der Waals surface area contributed by atoms with Crippen LogP contribution in [-0.2, 0) is 7.05 Å². The van der Waals surface area contributed by atoms with Gasteiger partial charge in [0.25, 0.3) is 5.91 Å². The summed E-state index contributed by atoms with van der Waals surface area (Å²) >= 11 is 8.67. The molecule has 23 heavy (non-hydrogen) atoms. The summed E-state index contributed by atoms with van der Waals surface area (Å²) < 4.78 is 2.34. The number of nitrogens with zero attached hydrogens (tertiary/aromatic N) is 2. The summed E-state index contributed by atoms with van der Waals surface area (Å²) in [6, 6.07) is 0.347. The summed E-state index contributed by atoms with van der Waals surface area (Å²) in [5.41, 5.74) is 6.59. The van der Waals surface area contributed by atoms with Gasteiger partial charge in [-0.25, -0.2) is 0 Å². The Morgan fingerprint density at radius 3 is 2.65 bits per heavy atom. The molecule has 2 rings (SSSR count). The number of aryl methyl sites for hydroxylation is 1. The number of hydrogen-bond donors (Lipinski definition) is 3. The lowest BCUT2D eigenvalue weighted by Crippen LogP contribution is -2.52. The Balaban J connectivity index is 1.86. The van der Waals surface area contributed by atoms with Crippen LogP contribution in [0.5, 0.6) is 0 Å². The third-order valence-electron chi connectivity index (χ3n) is 4.79. The number of hydrogen-bond acceptors (Lipinski definition) is 3. The van der Waals surface area contributed by atoms with E-state index >= 15 is 0 Å². The van der Waals surface area contributed by atoms with Gasteiger partial charge in [-0.1, -0.05) is 26.7 Å². The minimum absolute atomic E-state index is 0.324. The van der Waals surface area contributed by atoms with Crippen molar-refractivity contribution >= 4 is 39.2 Å². The third kappa shape index (κ3) is 4.23. The standard InChI is InChI=1S/C15H24BrN5OS/c1-8-6-5-7-11(9(8)2)17-15(23)19-18-14(22)13-12(16)10(3)21(4)20-13/h8-9,11H,5-7H2,1-4H3,(H,18,22)(H2,17,19,23)/t8-,9-,11+/m0/s1. The van der Waals surface area contributed by atoms with Gasteiger partial charge in [0.1, 0.15) is 0 Å². The number of rotatable bonds is 2. The highest BCUT2D eigenvalue weighted by molar-refractivity contribution is 9.10. The maximum Gasteiger partial charge on any atom is 0.291 e. The van der Waals surface area contributed by atoms with Gasteiger partial charge < -0.3 is 5.32 Å². The summed E-state index contributed by atoms with van der Waals surface area (Å²) in [6.45, 7) is 6.41. The molecular weight excluding hydrogens is 378 g/mol. The monoisotopic (exact) mass is 401 g/mol. The zero-order chi connectivity index (χ0) is 17.1. The predicted octanol–water partition coefficient (Wildman–Crippen LogP) is 2.42. The second kappa shape index (κ2) is 7.61. The smallest absolute Gasteiger partial charge is 0.291 e. The van der Waals surface area contributed by atoms with Crippen LogP contribution in [0, 0.1) is 18.8 Å². The van der Waals surface area contributed by atoms with Gasteiger partial charge in [0.15, 0.2) is 10.8 Å². The molecule has 1 amide bonds. The molecule has 1 saturated carbocycles. The van der Waals surface area contributed by atoms with E-state index in [0.717, 1.165) is 12.1 Å². The van der Waals surface area contributed by atoms with Crippen molar-refractivity contribution in [3.05, 3.63) is 15.9 Å². The highest BCUT2D eigenvalue weighted by Crippen LogP contribution is 2.29. The van der Waals surface area contributed by atoms with Crippen LogP contribution in [0.15, 0.2) is 4.47 Å². The van der Waals surface area contributed by atoms with Crippen molar-refractivity contribution in [1.29, 1.82) is 0 Å². The first kappa shape index (κ1) is 18.2. The van der Waals surface area contributed by atoms with Crippen molar-refractivity contribution in [3.63, 3.8) is 0 Å². The lowest BCUT2D eigenvalue weighted by molar-refractivity contribution is 0.0936. The van der Waals surface area contributed by atoms with Crippen LogP contribution in [0.3, 0.4) is 0 Å². The number of halogens is 1. The molecule has 1 aliphatic rings. The molecule has 6 nitrogen and oxygen atoms in total. The summed E-state index contributed by atoms with van der Waals surface area (Å²) in [6.07, 6.45) is 3.58. The summed E-state index contributed by atoms with van der Waals surface area (Å²) in [5.74, 6) is 0.924. The van der Waals surface area contributed by atoms with E-state index in [4.69, 9.17) is 12.2 Å². The molecule has 3 atom stereocenters. The molecule has 1 aliphatic carbocycles. The van der Waals surface area contributed by atoms with E-state index in [0.29, 0.717) is 33.2 Å². The molecule has 0 aromatic carbocycles. The van der Waals surface area contributed by atoms with Gasteiger partial charge in [0.2, 0.25) is 0 Å². The Labute approximate surface area is 150 Å². The van der Waals surface area contributed by atoms with Gasteiger partial charge in [0, 0.05) is 13.1 Å². The zero-order valence-corrected chi connectivity index (χ0v) is 16.3. The summed E-state index contributed by atoms with van der Waals surface area (Å²) in [4.78, 5) is 12.2. The van der Waals surface area contributed by atoms with E-state index in [-0.39, 0.29) is 5.91 Å². The Morgan fingerprint density at radius 2 is 2.04 bits per heavy atom. The quantitative estimate of drug-likeness (QED) is 0.524. The van der Waals surface area contributed by atoms with E-state index in [2.05, 4.69) is 51.0 Å². The van der Waals surface area contributed by atoms with Crippen molar-refractivity contribution in [2.24, 2.45) is 18.9 Å². The lowest BCUT2D eigenvalue weighted by atomic mass is 9.78. The molecule has 0 spiro atoms. The van der Waals surface area contributed by atoms with E-state index in [1.165, 1.54) is 12.8 Å². The number of carbonyl (C=O) groups excluding carboxylic acids is 1. The average molecular weight is 402 g/mol. The molecule has 0 radical (unpaired) electrons. The Kier molecular flexibility index (Phi) is 6.02. The summed E-state index contributed by atoms with van der Waals surface area (Å²) in [5, 5.41) is 7.92. The molecule has 128 valence electrons. The number of nitrogens with one attached hydrogen (secondary N) is 3. The molecule has 3 N–H and O–H groups in total. The molecule has 0 unspecified atom stereocenters. The first-order valence-corrected chi connectivity index (χ1v) is 9.07. The highest BCUT2D eigenvalue weighted by Gasteiger charge is 2.27. The molecule has 1 fully saturated rings. The fourth-order valence-corrected chi connectivity index (χ4v) is 3.61. The molecule has 0 bridgehead atoms. The normalized spacial score (nSPS) is 24.1. The Hall–Kier alpha value is -1.15. The molecule has 1 heterocycles. The van der Waals surface area contributed by atoms with Gasteiger partial charge >= 0.3 is 0 Å². The van der Waals surface area contributed by atoms with Gasteiger partial charge in [-0.2, -0.15) is 5.10 Å². The first-order chi connectivity index (χ1) is 10.8. The number of hydrazine groups is 1. The fraction of sp³-hybridized carbons (Fsp3) is 0.667. The van der Waals surface area contributed by atoms with Crippen molar-refractivity contribution in [1.82, 2.24) is 25.9 Å². The van der Waals surface area contributed by atoms with Crippen molar-refractivity contribution in [3.8, 4) is 0 Å². The second-order valence-corrected chi connectivity index (χ2v) is 7.50. The van der Waals surface area contributed by atoms with Crippen LogP contribution in [0.1, 0.15) is 49.3 Å². The minimum atomic E-state index is -0.324. The molecule has 8 heteroatoms. The van der Waals surface area contributed by atoms with Crippen LogP contribution in [0.25, 0.3) is 0 Å². The van der Waals surface area contributed by atoms with Crippen molar-refractivity contribution in [2.45, 2.75) is 46.1 Å². The zero-order valence-electron chi connectivity index (χ0n) is 13.9. The number of carbonyl (C=O) groups is 1. The first-order valence-electron chi connectivity index (χ1n) is 7.87. The lowest BCUT2D eigenvalue weighted by Gasteiger charge is -2.35. The molecule has 1 aromatic rings. The fourth-order valence-electron chi connectivity index (χ4n) is 2.89. The topological polar surface area (TPSA) is 71.0 Å². The van der Waals surface area contributed by atoms with E-state index in [1.807, 2.05) is 6.92 Å². The van der Waals surface area contributed by atoms with Crippen LogP contribution in [0.2, 0.25) is 0 Å². The average Bonchev–Trinajstić information content (AvgIpc) is 2.77. The maximum absolute atomic E-state index is 12.2. The minimum Gasteiger partial charge on any atom is -0.358 e. The van der Waals surface area contributed by atoms with Gasteiger partial charge in [-0.3, -0.25) is 20.3 Å². The van der Waals surface area contributed by atoms with Gasteiger partial charge in [0.05, 0.1) is 10.2 Å². The molecule has 1 aromatic heterocycles. The maximum atomic E-state index is 12.2. The van der Waals surface area contributed by atoms with Crippen LogP contribution in [0.4, 0.5) is 0 Å². The van der Waals surface area contributed by atoms with Crippen molar-refractivity contribution in [2.75, 3.05) is 0 Å². The Bertz CT molecular complexity index is 603. The largest absolute Gasteiger partial charge is 0.358 e. The van der Waals surface area contributed by atoms with Crippen LogP contribution < -0.4 is 16.2 Å². The molecule has 0 aliphatic heterocycles. The predicted molar refractivity (Wildman–Crippen MR) is 97.9 cm³/mol.